The number of carbonyl (C=O) groups excluding carboxylic acids is 1. The molecule has 166 valence electrons. The molecule has 3 rings (SSSR count). The maximum atomic E-state index is 12.6. The van der Waals surface area contributed by atoms with Gasteiger partial charge in [0.15, 0.2) is 0 Å². The van der Waals surface area contributed by atoms with Gasteiger partial charge in [-0.05, 0) is 30.3 Å². The molecule has 0 bridgehead atoms. The van der Waals surface area contributed by atoms with Crippen molar-refractivity contribution in [1.29, 1.82) is 0 Å². The molecule has 0 atom stereocenters. The van der Waals surface area contributed by atoms with Crippen LogP contribution in [0, 0.1) is 10.1 Å². The van der Waals surface area contributed by atoms with Gasteiger partial charge in [-0.15, -0.1) is 0 Å². The molecule has 12 heteroatoms. The highest BCUT2D eigenvalue weighted by Gasteiger charge is 2.27. The number of rotatable bonds is 7. The van der Waals surface area contributed by atoms with Crippen molar-refractivity contribution < 1.29 is 18.1 Å². The number of halogens is 2. The molecular weight excluding hydrogens is 467 g/mol. The minimum absolute atomic E-state index is 0.0456. The number of nitro benzene ring substituents is 1. The molecule has 0 aliphatic carbocycles. The average Bonchev–Trinajstić information content (AvgIpc) is 2.74. The van der Waals surface area contributed by atoms with Crippen LogP contribution in [-0.4, -0.2) is 62.0 Å². The number of benzene rings is 2. The number of nitrogens with zero attached hydrogens (tertiary/aromatic N) is 3. The van der Waals surface area contributed by atoms with Crippen LogP contribution in [0.1, 0.15) is 10.4 Å². The quantitative estimate of drug-likeness (QED) is 0.475. The number of sulfonamides is 1. The first kappa shape index (κ1) is 23.3. The van der Waals surface area contributed by atoms with Crippen LogP contribution in [0.15, 0.2) is 42.5 Å². The smallest absolute Gasteiger partial charge is 0.270 e. The van der Waals surface area contributed by atoms with Crippen molar-refractivity contribution in [3.8, 4) is 0 Å². The van der Waals surface area contributed by atoms with Gasteiger partial charge in [0.05, 0.1) is 21.3 Å². The third kappa shape index (κ3) is 5.85. The zero-order chi connectivity index (χ0) is 22.6. The zero-order valence-electron chi connectivity index (χ0n) is 16.3. The van der Waals surface area contributed by atoms with E-state index in [2.05, 4.69) is 10.2 Å². The van der Waals surface area contributed by atoms with Crippen LogP contribution in [-0.2, 0) is 10.0 Å². The van der Waals surface area contributed by atoms with E-state index in [9.17, 15) is 23.3 Å². The maximum Gasteiger partial charge on any atom is 0.270 e. The number of nitrogens with one attached hydrogen (secondary N) is 1. The molecule has 1 saturated heterocycles. The first-order valence-corrected chi connectivity index (χ1v) is 11.7. The van der Waals surface area contributed by atoms with Gasteiger partial charge in [0.1, 0.15) is 0 Å². The third-order valence-electron chi connectivity index (χ3n) is 4.87. The molecule has 1 fully saturated rings. The van der Waals surface area contributed by atoms with E-state index in [0.29, 0.717) is 31.2 Å². The predicted molar refractivity (Wildman–Crippen MR) is 119 cm³/mol. The summed E-state index contributed by atoms with van der Waals surface area (Å²) >= 11 is 11.8. The second-order valence-electron chi connectivity index (χ2n) is 6.86. The molecule has 1 N–H and O–H groups in total. The van der Waals surface area contributed by atoms with Crippen LogP contribution >= 0.6 is 23.2 Å². The molecule has 1 amide bonds. The largest absolute Gasteiger partial charge is 0.369 e. The average molecular weight is 487 g/mol. The van der Waals surface area contributed by atoms with Gasteiger partial charge >= 0.3 is 0 Å². The van der Waals surface area contributed by atoms with Crippen molar-refractivity contribution in [2.75, 3.05) is 43.4 Å². The number of hydrogen-bond acceptors (Lipinski definition) is 6. The minimum atomic E-state index is -3.58. The van der Waals surface area contributed by atoms with Crippen LogP contribution in [0.5, 0.6) is 0 Å². The Morgan fingerprint density at radius 2 is 1.71 bits per heavy atom. The molecule has 1 heterocycles. The monoisotopic (exact) mass is 486 g/mol. The summed E-state index contributed by atoms with van der Waals surface area (Å²) in [5.41, 5.74) is 0.619. The highest BCUT2D eigenvalue weighted by atomic mass is 35.5. The van der Waals surface area contributed by atoms with E-state index in [1.54, 1.807) is 12.1 Å². The summed E-state index contributed by atoms with van der Waals surface area (Å²) in [5, 5.41) is 14.0. The Kier molecular flexibility index (Phi) is 7.37. The zero-order valence-corrected chi connectivity index (χ0v) is 18.7. The van der Waals surface area contributed by atoms with Crippen LogP contribution < -0.4 is 10.2 Å². The number of hydrogen-bond donors (Lipinski definition) is 1. The standard InChI is InChI=1S/C19H20Cl2N4O5S/c20-14-1-3-15(4-2-14)23-8-10-24(11-9-23)31(29,30)12-7-22-19(26)17-13-16(25(27)28)5-6-18(17)21/h1-6,13H,7-12H2,(H,22,26). The Labute approximate surface area is 189 Å². The number of anilines is 1. The van der Waals surface area contributed by atoms with Gasteiger partial charge in [-0.3, -0.25) is 14.9 Å². The van der Waals surface area contributed by atoms with Crippen molar-refractivity contribution in [2.45, 2.75) is 0 Å². The summed E-state index contributed by atoms with van der Waals surface area (Å²) in [6, 6.07) is 10.9. The van der Waals surface area contributed by atoms with Gasteiger partial charge in [0.2, 0.25) is 10.0 Å². The van der Waals surface area contributed by atoms with Gasteiger partial charge in [-0.2, -0.15) is 4.31 Å². The lowest BCUT2D eigenvalue weighted by Crippen LogP contribution is -2.50. The van der Waals surface area contributed by atoms with E-state index in [0.717, 1.165) is 11.8 Å². The first-order chi connectivity index (χ1) is 14.7. The highest BCUT2D eigenvalue weighted by Crippen LogP contribution is 2.22. The third-order valence-corrected chi connectivity index (χ3v) is 7.33. The van der Waals surface area contributed by atoms with Crippen LogP contribution in [0.2, 0.25) is 10.0 Å². The van der Waals surface area contributed by atoms with Gasteiger partial charge in [0, 0.05) is 55.6 Å². The van der Waals surface area contributed by atoms with E-state index in [-0.39, 0.29) is 28.6 Å². The summed E-state index contributed by atoms with van der Waals surface area (Å²) in [7, 11) is -3.58. The second kappa shape index (κ2) is 9.82. The number of non-ortho nitro benzene ring substituents is 1. The second-order valence-corrected chi connectivity index (χ2v) is 9.79. The fraction of sp³-hybridized carbons (Fsp3) is 0.316. The Morgan fingerprint density at radius 3 is 2.32 bits per heavy atom. The van der Waals surface area contributed by atoms with Crippen molar-refractivity contribution in [3.05, 3.63) is 68.2 Å². The Bertz CT molecular complexity index is 1070. The lowest BCUT2D eigenvalue weighted by molar-refractivity contribution is -0.384. The number of carbonyl (C=O) groups is 1. The van der Waals surface area contributed by atoms with Crippen molar-refractivity contribution in [3.63, 3.8) is 0 Å². The summed E-state index contributed by atoms with van der Waals surface area (Å²) in [4.78, 5) is 24.6. The molecule has 0 aromatic heterocycles. The lowest BCUT2D eigenvalue weighted by atomic mass is 10.2. The molecule has 2 aromatic carbocycles. The Balaban J connectivity index is 1.53. The van der Waals surface area contributed by atoms with E-state index in [1.165, 1.54) is 16.4 Å². The van der Waals surface area contributed by atoms with Crippen molar-refractivity contribution in [1.82, 2.24) is 9.62 Å². The molecule has 31 heavy (non-hydrogen) atoms. The van der Waals surface area contributed by atoms with Gasteiger partial charge in [-0.25, -0.2) is 8.42 Å². The van der Waals surface area contributed by atoms with Crippen LogP contribution in [0.25, 0.3) is 0 Å². The molecule has 9 nitrogen and oxygen atoms in total. The van der Waals surface area contributed by atoms with E-state index >= 15 is 0 Å². The number of piperazine rings is 1. The fourth-order valence-corrected chi connectivity index (χ4v) is 4.86. The van der Waals surface area contributed by atoms with Gasteiger partial charge in [-0.1, -0.05) is 23.2 Å². The summed E-state index contributed by atoms with van der Waals surface area (Å²) < 4.78 is 26.6. The maximum absolute atomic E-state index is 12.6. The SMILES string of the molecule is O=C(NCCS(=O)(=O)N1CCN(c2ccc(Cl)cc2)CC1)c1cc([N+](=O)[O-])ccc1Cl. The van der Waals surface area contributed by atoms with E-state index in [1.807, 2.05) is 12.1 Å². The van der Waals surface area contributed by atoms with Crippen molar-refractivity contribution >= 4 is 50.5 Å². The summed E-state index contributed by atoms with van der Waals surface area (Å²) in [6.45, 7) is 1.59. The minimum Gasteiger partial charge on any atom is -0.369 e. The summed E-state index contributed by atoms with van der Waals surface area (Å²) in [6.07, 6.45) is 0. The molecule has 0 spiro atoms. The molecule has 1 aliphatic heterocycles. The van der Waals surface area contributed by atoms with Gasteiger partial charge in [0.25, 0.3) is 11.6 Å². The molecule has 0 radical (unpaired) electrons. The Hall–Kier alpha value is -2.40. The van der Waals surface area contributed by atoms with Gasteiger partial charge < -0.3 is 10.2 Å². The number of nitro groups is 1. The first-order valence-electron chi connectivity index (χ1n) is 9.38. The van der Waals surface area contributed by atoms with Crippen molar-refractivity contribution in [2.24, 2.45) is 0 Å². The Morgan fingerprint density at radius 1 is 1.06 bits per heavy atom. The molecule has 1 aliphatic rings. The predicted octanol–water partition coefficient (Wildman–Crippen LogP) is 2.78. The topological polar surface area (TPSA) is 113 Å². The fourth-order valence-electron chi connectivity index (χ4n) is 3.20. The molecule has 2 aromatic rings. The van der Waals surface area contributed by atoms with E-state index in [4.69, 9.17) is 23.2 Å². The van der Waals surface area contributed by atoms with E-state index < -0.39 is 20.9 Å². The lowest BCUT2D eigenvalue weighted by Gasteiger charge is -2.35. The molecule has 0 saturated carbocycles. The highest BCUT2D eigenvalue weighted by molar-refractivity contribution is 7.89. The number of amides is 1. The normalized spacial score (nSPS) is 15.0. The van der Waals surface area contributed by atoms with Crippen LogP contribution in [0.3, 0.4) is 0 Å². The molecule has 0 unspecified atom stereocenters. The summed E-state index contributed by atoms with van der Waals surface area (Å²) in [5.74, 6) is -0.955. The van der Waals surface area contributed by atoms with Crippen LogP contribution in [0.4, 0.5) is 11.4 Å². The molecular formula is C19H20Cl2N4O5S.